The Bertz CT molecular complexity index is 1120. The first-order chi connectivity index (χ1) is 35.5. The molecule has 1 unspecified atom stereocenters. The van der Waals surface area contributed by atoms with Crippen molar-refractivity contribution in [2.24, 2.45) is 0 Å². The predicted octanol–water partition coefficient (Wildman–Crippen LogP) is 22.1. The largest absolute Gasteiger partial charge is 0.462 e. The molecule has 0 aliphatic heterocycles. The molecule has 0 heterocycles. The van der Waals surface area contributed by atoms with Gasteiger partial charge in [-0.1, -0.05) is 322 Å². The van der Waals surface area contributed by atoms with Crippen molar-refractivity contribution in [3.8, 4) is 0 Å². The summed E-state index contributed by atoms with van der Waals surface area (Å²) in [4.78, 5) is 38.3. The summed E-state index contributed by atoms with van der Waals surface area (Å²) in [5, 5.41) is 0. The van der Waals surface area contributed by atoms with Gasteiger partial charge in [0, 0.05) is 19.3 Å². The normalized spacial score (nSPS) is 12.0. The van der Waals surface area contributed by atoms with E-state index in [9.17, 15) is 14.4 Å². The smallest absolute Gasteiger partial charge is 0.306 e. The first-order valence-electron chi connectivity index (χ1n) is 32.7. The highest BCUT2D eigenvalue weighted by molar-refractivity contribution is 5.71. The molecule has 0 rings (SSSR count). The van der Waals surface area contributed by atoms with Gasteiger partial charge in [0.2, 0.25) is 0 Å². The Morgan fingerprint density at radius 3 is 0.694 bits per heavy atom. The number of rotatable bonds is 61. The molecule has 0 aromatic heterocycles. The zero-order valence-electron chi connectivity index (χ0n) is 49.0. The summed E-state index contributed by atoms with van der Waals surface area (Å²) in [5.41, 5.74) is 0. The Labute approximate surface area is 450 Å². The summed E-state index contributed by atoms with van der Waals surface area (Å²) >= 11 is 0. The monoisotopic (exact) mass is 1010 g/mol. The minimum atomic E-state index is -0.769. The zero-order chi connectivity index (χ0) is 52.2. The van der Waals surface area contributed by atoms with Crippen LogP contribution in [0.15, 0.2) is 12.2 Å². The van der Waals surface area contributed by atoms with Crippen LogP contribution < -0.4 is 0 Å². The van der Waals surface area contributed by atoms with Gasteiger partial charge in [0.15, 0.2) is 6.10 Å². The highest BCUT2D eigenvalue weighted by atomic mass is 16.6. The molecule has 0 aromatic rings. The van der Waals surface area contributed by atoms with Crippen LogP contribution in [0, 0.1) is 0 Å². The Balaban J connectivity index is 4.24. The molecule has 1 atom stereocenters. The lowest BCUT2D eigenvalue weighted by Crippen LogP contribution is -2.30. The van der Waals surface area contributed by atoms with E-state index in [0.717, 1.165) is 64.2 Å². The van der Waals surface area contributed by atoms with Gasteiger partial charge in [0.25, 0.3) is 0 Å². The van der Waals surface area contributed by atoms with Crippen molar-refractivity contribution in [1.82, 2.24) is 0 Å². The average Bonchev–Trinajstić information content (AvgIpc) is 3.38. The third-order valence-electron chi connectivity index (χ3n) is 15.0. The van der Waals surface area contributed by atoms with Crippen molar-refractivity contribution in [2.75, 3.05) is 13.2 Å². The maximum atomic E-state index is 12.9. The second-order valence-corrected chi connectivity index (χ2v) is 22.4. The Hall–Kier alpha value is -1.85. The maximum absolute atomic E-state index is 12.9. The van der Waals surface area contributed by atoms with Crippen LogP contribution in [0.2, 0.25) is 0 Å². The molecule has 0 radical (unpaired) electrons. The van der Waals surface area contributed by atoms with E-state index in [1.807, 2.05) is 0 Å². The van der Waals surface area contributed by atoms with E-state index >= 15 is 0 Å². The van der Waals surface area contributed by atoms with E-state index < -0.39 is 6.10 Å². The first-order valence-corrected chi connectivity index (χ1v) is 32.7. The maximum Gasteiger partial charge on any atom is 0.306 e. The fourth-order valence-electron chi connectivity index (χ4n) is 10.1. The Morgan fingerprint density at radius 1 is 0.264 bits per heavy atom. The summed E-state index contributed by atoms with van der Waals surface area (Å²) in [6.45, 7) is 6.70. The highest BCUT2D eigenvalue weighted by Gasteiger charge is 2.19. The summed E-state index contributed by atoms with van der Waals surface area (Å²) < 4.78 is 16.9. The van der Waals surface area contributed by atoms with Gasteiger partial charge in [-0.05, 0) is 44.9 Å². The van der Waals surface area contributed by atoms with Crippen molar-refractivity contribution in [2.45, 2.75) is 380 Å². The summed E-state index contributed by atoms with van der Waals surface area (Å²) in [7, 11) is 0. The number of ether oxygens (including phenoxy) is 3. The number of carbonyl (C=O) groups excluding carboxylic acids is 3. The van der Waals surface area contributed by atoms with Gasteiger partial charge in [-0.25, -0.2) is 0 Å². The molecular formula is C66H126O6. The van der Waals surface area contributed by atoms with Crippen LogP contribution in [0.4, 0.5) is 0 Å². The molecule has 0 saturated heterocycles. The molecule has 0 fully saturated rings. The van der Waals surface area contributed by atoms with Gasteiger partial charge >= 0.3 is 17.9 Å². The van der Waals surface area contributed by atoms with E-state index in [4.69, 9.17) is 14.2 Å². The molecule has 0 aliphatic rings. The fraction of sp³-hybridized carbons (Fsp3) is 0.924. The number of unbranched alkanes of at least 4 members (excludes halogenated alkanes) is 48. The minimum absolute atomic E-state index is 0.0659. The van der Waals surface area contributed by atoms with E-state index in [-0.39, 0.29) is 31.1 Å². The fourth-order valence-corrected chi connectivity index (χ4v) is 10.1. The van der Waals surface area contributed by atoms with Crippen molar-refractivity contribution in [3.63, 3.8) is 0 Å². The summed E-state index contributed by atoms with van der Waals surface area (Å²) in [6, 6.07) is 0. The average molecular weight is 1020 g/mol. The quantitative estimate of drug-likeness (QED) is 0.0261. The second kappa shape index (κ2) is 61.7. The number of carbonyl (C=O) groups is 3. The molecule has 0 amide bonds. The third-order valence-corrected chi connectivity index (χ3v) is 15.0. The van der Waals surface area contributed by atoms with Crippen LogP contribution >= 0.6 is 0 Å². The van der Waals surface area contributed by atoms with Crippen LogP contribution in [0.3, 0.4) is 0 Å². The van der Waals surface area contributed by atoms with E-state index in [0.29, 0.717) is 19.3 Å². The first kappa shape index (κ1) is 70.1. The summed E-state index contributed by atoms with van der Waals surface area (Å²) in [6.07, 6.45) is 72.2. The number of allylic oxidation sites excluding steroid dienone is 2. The minimum Gasteiger partial charge on any atom is -0.462 e. The van der Waals surface area contributed by atoms with Crippen LogP contribution in [-0.4, -0.2) is 37.2 Å². The van der Waals surface area contributed by atoms with Crippen LogP contribution in [0.1, 0.15) is 374 Å². The van der Waals surface area contributed by atoms with Crippen LogP contribution in [0.5, 0.6) is 0 Å². The predicted molar refractivity (Wildman–Crippen MR) is 312 cm³/mol. The Kier molecular flexibility index (Phi) is 60.1. The molecule has 6 nitrogen and oxygen atoms in total. The van der Waals surface area contributed by atoms with E-state index in [1.165, 1.54) is 270 Å². The number of hydrogen-bond donors (Lipinski definition) is 0. The third kappa shape index (κ3) is 59.0. The molecular weight excluding hydrogens is 889 g/mol. The van der Waals surface area contributed by atoms with Crippen LogP contribution in [-0.2, 0) is 28.6 Å². The van der Waals surface area contributed by atoms with Gasteiger partial charge < -0.3 is 14.2 Å². The molecule has 72 heavy (non-hydrogen) atoms. The van der Waals surface area contributed by atoms with E-state index in [2.05, 4.69) is 32.9 Å². The second-order valence-electron chi connectivity index (χ2n) is 22.4. The molecule has 426 valence electrons. The molecule has 0 bridgehead atoms. The molecule has 0 spiro atoms. The Morgan fingerprint density at radius 2 is 0.458 bits per heavy atom. The lowest BCUT2D eigenvalue weighted by molar-refractivity contribution is -0.167. The molecule has 0 aliphatic carbocycles. The molecule has 0 aromatic carbocycles. The van der Waals surface area contributed by atoms with Gasteiger partial charge in [-0.15, -0.1) is 0 Å². The molecule has 0 N–H and O–H groups in total. The van der Waals surface area contributed by atoms with Crippen molar-refractivity contribution >= 4 is 17.9 Å². The number of esters is 3. The van der Waals surface area contributed by atoms with Gasteiger partial charge in [-0.3, -0.25) is 14.4 Å². The lowest BCUT2D eigenvalue weighted by Gasteiger charge is -2.18. The van der Waals surface area contributed by atoms with Gasteiger partial charge in [0.1, 0.15) is 13.2 Å². The standard InChI is InChI=1S/C66H126O6/c1-4-7-10-13-16-19-22-25-28-30-31-32-33-34-35-37-38-41-44-47-50-53-56-59-65(68)71-62-63(61-70-64(67)58-55-52-49-46-43-40-27-24-21-18-15-12-9-6-3)72-66(69)60-57-54-51-48-45-42-39-36-29-26-23-20-17-14-11-8-5-2/h24,27,63H,4-23,25-26,28-62H2,1-3H3/b27-24-. The van der Waals surface area contributed by atoms with E-state index in [1.54, 1.807) is 0 Å². The molecule has 6 heteroatoms. The van der Waals surface area contributed by atoms with Crippen LogP contribution in [0.25, 0.3) is 0 Å². The highest BCUT2D eigenvalue weighted by Crippen LogP contribution is 2.18. The zero-order valence-corrected chi connectivity index (χ0v) is 49.0. The summed E-state index contributed by atoms with van der Waals surface area (Å²) in [5.74, 6) is -0.843. The van der Waals surface area contributed by atoms with Crippen molar-refractivity contribution < 1.29 is 28.6 Å². The topological polar surface area (TPSA) is 78.9 Å². The SMILES string of the molecule is CCCCCCC/C=C\CCCCCCCC(=O)OCC(COC(=O)CCCCCCCCCCCCCCCCCCCCCCCCC)OC(=O)CCCCCCCCCCCCCCCCCCC. The van der Waals surface area contributed by atoms with Gasteiger partial charge in [-0.2, -0.15) is 0 Å². The molecule has 0 saturated carbocycles. The van der Waals surface area contributed by atoms with Crippen molar-refractivity contribution in [1.29, 1.82) is 0 Å². The lowest BCUT2D eigenvalue weighted by atomic mass is 10.0. The number of hydrogen-bond acceptors (Lipinski definition) is 6. The van der Waals surface area contributed by atoms with Crippen molar-refractivity contribution in [3.05, 3.63) is 12.2 Å². The van der Waals surface area contributed by atoms with Gasteiger partial charge in [0.05, 0.1) is 0 Å².